The van der Waals surface area contributed by atoms with E-state index in [9.17, 15) is 22.8 Å². The van der Waals surface area contributed by atoms with E-state index in [1.54, 1.807) is 45.0 Å². The van der Waals surface area contributed by atoms with Crippen molar-refractivity contribution in [1.29, 1.82) is 0 Å². The minimum Gasteiger partial charge on any atom is -0.443 e. The lowest BCUT2D eigenvalue weighted by atomic mass is 10.00. The first-order chi connectivity index (χ1) is 17.8. The molecule has 0 saturated carbocycles. The number of para-hydroxylation sites is 1. The second-order valence-electron chi connectivity index (χ2n) is 10.8. The van der Waals surface area contributed by atoms with Gasteiger partial charge in [0.1, 0.15) is 11.4 Å². The Bertz CT molecular complexity index is 1440. The predicted octanol–water partition coefficient (Wildman–Crippen LogP) is 4.16. The number of alkyl halides is 3. The van der Waals surface area contributed by atoms with Gasteiger partial charge in [-0.3, -0.25) is 13.9 Å². The van der Waals surface area contributed by atoms with Crippen LogP contribution in [0.1, 0.15) is 33.3 Å². The number of carbonyl (C=O) groups excluding carboxylic acids is 1. The summed E-state index contributed by atoms with van der Waals surface area (Å²) in [6.45, 7) is 7.31. The van der Waals surface area contributed by atoms with Gasteiger partial charge in [-0.05, 0) is 39.3 Å². The second kappa shape index (κ2) is 9.04. The molecule has 5 rings (SSSR count). The van der Waals surface area contributed by atoms with Gasteiger partial charge < -0.3 is 19.3 Å². The van der Waals surface area contributed by atoms with Crippen LogP contribution in [-0.2, 0) is 22.6 Å². The molecule has 2 aliphatic heterocycles. The van der Waals surface area contributed by atoms with Gasteiger partial charge in [0.05, 0.1) is 25.3 Å². The molecular formula is C26H30F3N5O4. The molecule has 2 aliphatic rings. The highest BCUT2D eigenvalue weighted by Gasteiger charge is 2.60. The maximum atomic E-state index is 14.6. The molecule has 1 fully saturated rings. The average molecular weight is 534 g/mol. The molecule has 1 aromatic carbocycles. The van der Waals surface area contributed by atoms with Crippen molar-refractivity contribution in [3.63, 3.8) is 0 Å². The van der Waals surface area contributed by atoms with Gasteiger partial charge in [0.15, 0.2) is 5.54 Å². The van der Waals surface area contributed by atoms with Gasteiger partial charge in [-0.1, -0.05) is 18.2 Å². The number of nitrogens with zero attached hydrogens (tertiary/aromatic N) is 5. The molecule has 38 heavy (non-hydrogen) atoms. The molecule has 0 spiro atoms. The molecule has 0 bridgehead atoms. The minimum absolute atomic E-state index is 0.0621. The monoisotopic (exact) mass is 533 g/mol. The highest BCUT2D eigenvalue weighted by Crippen LogP contribution is 2.44. The highest BCUT2D eigenvalue weighted by atomic mass is 19.4. The number of benzene rings is 1. The lowest BCUT2D eigenvalue weighted by Gasteiger charge is -2.37. The third-order valence-corrected chi connectivity index (χ3v) is 6.94. The fourth-order valence-corrected chi connectivity index (χ4v) is 4.90. The zero-order valence-corrected chi connectivity index (χ0v) is 21.7. The Balaban J connectivity index is 1.61. The largest absolute Gasteiger partial charge is 0.443 e. The highest BCUT2D eigenvalue weighted by molar-refractivity contribution is 5.92. The fourth-order valence-electron chi connectivity index (χ4n) is 4.90. The van der Waals surface area contributed by atoms with Crippen LogP contribution in [-0.4, -0.2) is 63.8 Å². The summed E-state index contributed by atoms with van der Waals surface area (Å²) in [5.41, 5.74) is -2.72. The maximum absolute atomic E-state index is 14.6. The molecule has 1 unspecified atom stereocenters. The molecule has 9 nitrogen and oxygen atoms in total. The van der Waals surface area contributed by atoms with Crippen LogP contribution in [0, 0.1) is 0 Å². The van der Waals surface area contributed by atoms with Crippen LogP contribution in [0.25, 0.3) is 10.9 Å². The number of fused-ring (bicyclic) bond motifs is 2. The van der Waals surface area contributed by atoms with Crippen molar-refractivity contribution in [2.75, 3.05) is 36.1 Å². The molecule has 1 saturated heterocycles. The molecule has 3 aromatic rings. The van der Waals surface area contributed by atoms with E-state index in [-0.39, 0.29) is 12.5 Å². The average Bonchev–Trinajstić information content (AvgIpc) is 3.35. The van der Waals surface area contributed by atoms with E-state index in [4.69, 9.17) is 9.47 Å². The van der Waals surface area contributed by atoms with E-state index >= 15 is 0 Å². The summed E-state index contributed by atoms with van der Waals surface area (Å²) in [4.78, 5) is 33.5. The number of hydrogen-bond donors (Lipinski definition) is 0. The molecule has 12 heteroatoms. The van der Waals surface area contributed by atoms with Crippen molar-refractivity contribution < 1.29 is 27.4 Å². The summed E-state index contributed by atoms with van der Waals surface area (Å²) in [6.07, 6.45) is -3.80. The van der Waals surface area contributed by atoms with Gasteiger partial charge in [0.25, 0.3) is 5.56 Å². The van der Waals surface area contributed by atoms with Crippen LogP contribution in [0.15, 0.2) is 41.3 Å². The smallest absolute Gasteiger partial charge is 0.419 e. The number of ether oxygens (including phenoxy) is 2. The van der Waals surface area contributed by atoms with E-state index in [1.807, 2.05) is 4.90 Å². The van der Waals surface area contributed by atoms with Crippen molar-refractivity contribution in [1.82, 2.24) is 14.1 Å². The fraction of sp³-hybridized carbons (Fsp3) is 0.500. The molecule has 1 atom stereocenters. The zero-order valence-electron chi connectivity index (χ0n) is 21.7. The van der Waals surface area contributed by atoms with Gasteiger partial charge >= 0.3 is 12.3 Å². The van der Waals surface area contributed by atoms with Crippen LogP contribution in [0.4, 0.5) is 29.7 Å². The van der Waals surface area contributed by atoms with E-state index in [0.29, 0.717) is 48.6 Å². The summed E-state index contributed by atoms with van der Waals surface area (Å²) in [5.74, 6) is 0.255. The Morgan fingerprint density at radius 3 is 2.50 bits per heavy atom. The van der Waals surface area contributed by atoms with E-state index in [0.717, 1.165) is 16.4 Å². The lowest BCUT2D eigenvalue weighted by Crippen LogP contribution is -2.55. The van der Waals surface area contributed by atoms with Crippen LogP contribution in [0.2, 0.25) is 0 Å². The summed E-state index contributed by atoms with van der Waals surface area (Å²) in [7, 11) is 0. The number of aromatic nitrogens is 3. The lowest BCUT2D eigenvalue weighted by molar-refractivity contribution is -0.182. The number of anilines is 2. The summed E-state index contributed by atoms with van der Waals surface area (Å²) in [5, 5.41) is 0.605. The minimum atomic E-state index is -4.67. The third-order valence-electron chi connectivity index (χ3n) is 6.94. The Kier molecular flexibility index (Phi) is 6.20. The maximum Gasteiger partial charge on any atom is 0.419 e. The summed E-state index contributed by atoms with van der Waals surface area (Å²) >= 11 is 0. The van der Waals surface area contributed by atoms with Crippen molar-refractivity contribution >= 4 is 28.8 Å². The van der Waals surface area contributed by atoms with Crippen molar-refractivity contribution in [3.05, 3.63) is 52.4 Å². The Hall–Kier alpha value is -3.54. The first-order valence-electron chi connectivity index (χ1n) is 12.4. The molecule has 4 heterocycles. The van der Waals surface area contributed by atoms with Gasteiger partial charge in [-0.15, -0.1) is 0 Å². The predicted molar refractivity (Wildman–Crippen MR) is 136 cm³/mol. The van der Waals surface area contributed by atoms with Crippen molar-refractivity contribution in [2.24, 2.45) is 0 Å². The van der Waals surface area contributed by atoms with Gasteiger partial charge in [-0.2, -0.15) is 18.2 Å². The molecule has 2 aromatic heterocycles. The normalized spacial score (nSPS) is 20.2. The number of hydrogen-bond acceptors (Lipinski definition) is 7. The SMILES string of the molecule is CC(C)(C)OC(=O)n1cc(CN2c3nc(N4CCOCC4)cc(=O)n3CC2(C)C(F)(F)F)c2ccccc21. The number of halogens is 3. The molecule has 0 amide bonds. The van der Waals surface area contributed by atoms with Gasteiger partial charge in [0.2, 0.25) is 5.95 Å². The van der Waals surface area contributed by atoms with Gasteiger partial charge in [0, 0.05) is 37.3 Å². The van der Waals surface area contributed by atoms with E-state index < -0.39 is 35.5 Å². The second-order valence-corrected chi connectivity index (χ2v) is 10.8. The van der Waals surface area contributed by atoms with Crippen LogP contribution < -0.4 is 15.4 Å². The molecule has 0 N–H and O–H groups in total. The Morgan fingerprint density at radius 2 is 1.84 bits per heavy atom. The van der Waals surface area contributed by atoms with Crippen molar-refractivity contribution in [2.45, 2.75) is 58.1 Å². The van der Waals surface area contributed by atoms with E-state index in [1.165, 1.54) is 16.8 Å². The topological polar surface area (TPSA) is 81.8 Å². The van der Waals surface area contributed by atoms with Crippen LogP contribution in [0.5, 0.6) is 0 Å². The summed E-state index contributed by atoms with van der Waals surface area (Å²) in [6, 6.07) is 8.24. The molecule has 204 valence electrons. The van der Waals surface area contributed by atoms with Crippen LogP contribution >= 0.6 is 0 Å². The summed E-state index contributed by atoms with van der Waals surface area (Å²) < 4.78 is 57.0. The van der Waals surface area contributed by atoms with Crippen molar-refractivity contribution in [3.8, 4) is 0 Å². The first-order valence-corrected chi connectivity index (χ1v) is 12.4. The standard InChI is InChI=1S/C26H30F3N5O4/c1-24(2,3)38-23(36)32-14-17(18-7-5-6-8-19(18)32)15-34-22-30-20(31-9-11-37-12-10-31)13-21(35)33(22)16-25(34,4)26(27,28)29/h5-8,13-14H,9-12,15-16H2,1-4H3. The van der Waals surface area contributed by atoms with Crippen LogP contribution in [0.3, 0.4) is 0 Å². The number of rotatable bonds is 3. The molecular weight excluding hydrogens is 503 g/mol. The third kappa shape index (κ3) is 4.50. The number of morpholine rings is 1. The molecule has 0 aliphatic carbocycles. The molecule has 0 radical (unpaired) electrons. The Labute approximate surface area is 217 Å². The van der Waals surface area contributed by atoms with Gasteiger partial charge in [-0.25, -0.2) is 4.79 Å². The Morgan fingerprint density at radius 1 is 1.16 bits per heavy atom. The number of carbonyl (C=O) groups is 1. The van der Waals surface area contributed by atoms with E-state index in [2.05, 4.69) is 4.98 Å². The zero-order chi connectivity index (χ0) is 27.5. The first kappa shape index (κ1) is 26.1. The quantitative estimate of drug-likeness (QED) is 0.500.